The Kier molecular flexibility index (Phi) is 2.23. The van der Waals surface area contributed by atoms with Gasteiger partial charge in [-0.05, 0) is 17.2 Å². The van der Waals surface area contributed by atoms with Gasteiger partial charge in [0.2, 0.25) is 0 Å². The van der Waals surface area contributed by atoms with Gasteiger partial charge in [0.1, 0.15) is 0 Å². The first-order chi connectivity index (χ1) is 6.83. The summed E-state index contributed by atoms with van der Waals surface area (Å²) in [6.07, 6.45) is 3.82. The predicted octanol–water partition coefficient (Wildman–Crippen LogP) is 3.24. The molecule has 0 bridgehead atoms. The number of hydrogen-bond acceptors (Lipinski definition) is 1. The number of para-hydroxylation sites is 1. The Hall–Kier alpha value is -1.76. The van der Waals surface area contributed by atoms with Crippen LogP contribution in [0.3, 0.4) is 0 Å². The maximum absolute atomic E-state index is 4.03. The Morgan fingerprint density at radius 3 is 2.86 bits per heavy atom. The van der Waals surface area contributed by atoms with Crippen molar-refractivity contribution in [2.75, 3.05) is 11.9 Å². The standard InChI is InChI=1S/C13H13N/c1-3-6-11-10(2)9-14-13-8-5-4-7-12(11)13/h3-8,14H,1-2,9H2/b11-6+. The van der Waals surface area contributed by atoms with Crippen molar-refractivity contribution in [1.82, 2.24) is 0 Å². The lowest BCUT2D eigenvalue weighted by Gasteiger charge is -2.22. The van der Waals surface area contributed by atoms with E-state index in [1.165, 1.54) is 16.8 Å². The molecule has 1 aliphatic rings. The summed E-state index contributed by atoms with van der Waals surface area (Å²) in [6.45, 7) is 8.57. The van der Waals surface area contributed by atoms with E-state index in [9.17, 15) is 0 Å². The molecule has 1 nitrogen and oxygen atoms in total. The number of rotatable bonds is 1. The third-order valence-corrected chi connectivity index (χ3v) is 2.37. The second kappa shape index (κ2) is 3.54. The Morgan fingerprint density at radius 2 is 2.07 bits per heavy atom. The SMILES string of the molecule is C=C/C=C1\C(=C)CNc2ccccc21. The van der Waals surface area contributed by atoms with E-state index in [-0.39, 0.29) is 0 Å². The zero-order valence-corrected chi connectivity index (χ0v) is 8.09. The fourth-order valence-corrected chi connectivity index (χ4v) is 1.69. The van der Waals surface area contributed by atoms with Crippen LogP contribution < -0.4 is 5.32 Å². The molecule has 1 N–H and O–H groups in total. The van der Waals surface area contributed by atoms with Crippen molar-refractivity contribution >= 4 is 11.3 Å². The van der Waals surface area contributed by atoms with Crippen LogP contribution in [0.4, 0.5) is 5.69 Å². The summed E-state index contributed by atoms with van der Waals surface area (Å²) in [5, 5.41) is 3.33. The highest BCUT2D eigenvalue weighted by Gasteiger charge is 2.14. The molecule has 0 saturated carbocycles. The molecule has 0 spiro atoms. The molecule has 2 rings (SSSR count). The van der Waals surface area contributed by atoms with Gasteiger partial charge < -0.3 is 5.32 Å². The van der Waals surface area contributed by atoms with Crippen molar-refractivity contribution in [3.05, 3.63) is 60.7 Å². The molecule has 1 aromatic rings. The molecule has 1 aromatic carbocycles. The Bertz CT molecular complexity index is 413. The normalized spacial score (nSPS) is 17.4. The van der Waals surface area contributed by atoms with Crippen molar-refractivity contribution in [3.63, 3.8) is 0 Å². The minimum Gasteiger partial charge on any atom is -0.380 e. The highest BCUT2D eigenvalue weighted by Crippen LogP contribution is 2.32. The summed E-state index contributed by atoms with van der Waals surface area (Å²) >= 11 is 0. The van der Waals surface area contributed by atoms with Crippen LogP contribution in [0.2, 0.25) is 0 Å². The van der Waals surface area contributed by atoms with Crippen LogP contribution in [0.5, 0.6) is 0 Å². The van der Waals surface area contributed by atoms with E-state index in [0.29, 0.717) is 0 Å². The topological polar surface area (TPSA) is 12.0 Å². The van der Waals surface area contributed by atoms with E-state index in [1.54, 1.807) is 0 Å². The quantitative estimate of drug-likeness (QED) is 0.704. The largest absolute Gasteiger partial charge is 0.380 e. The fraction of sp³-hybridized carbons (Fsp3) is 0.0769. The minimum absolute atomic E-state index is 0.816. The van der Waals surface area contributed by atoms with Gasteiger partial charge in [0.05, 0.1) is 0 Å². The van der Waals surface area contributed by atoms with Crippen molar-refractivity contribution in [1.29, 1.82) is 0 Å². The molecule has 14 heavy (non-hydrogen) atoms. The van der Waals surface area contributed by atoms with Gasteiger partial charge in [-0.3, -0.25) is 0 Å². The van der Waals surface area contributed by atoms with E-state index in [0.717, 1.165) is 12.1 Å². The first kappa shape index (κ1) is 8.82. The highest BCUT2D eigenvalue weighted by atomic mass is 14.9. The molecule has 0 atom stereocenters. The van der Waals surface area contributed by atoms with Crippen LogP contribution in [0.25, 0.3) is 5.57 Å². The first-order valence-electron chi connectivity index (χ1n) is 4.67. The number of fused-ring (bicyclic) bond motifs is 1. The summed E-state index contributed by atoms with van der Waals surface area (Å²) in [5.41, 5.74) is 4.69. The molecule has 1 heteroatoms. The van der Waals surface area contributed by atoms with Gasteiger partial charge in [0.15, 0.2) is 0 Å². The number of anilines is 1. The molecule has 0 radical (unpaired) electrons. The van der Waals surface area contributed by atoms with Crippen LogP contribution in [-0.4, -0.2) is 6.54 Å². The van der Waals surface area contributed by atoms with Gasteiger partial charge >= 0.3 is 0 Å². The van der Waals surface area contributed by atoms with Crippen molar-refractivity contribution < 1.29 is 0 Å². The number of nitrogens with one attached hydrogen (secondary N) is 1. The van der Waals surface area contributed by atoms with Crippen LogP contribution in [-0.2, 0) is 0 Å². The summed E-state index contributed by atoms with van der Waals surface area (Å²) in [6, 6.07) is 8.25. The maximum Gasteiger partial charge on any atom is 0.0422 e. The lowest BCUT2D eigenvalue weighted by atomic mass is 9.93. The van der Waals surface area contributed by atoms with Crippen LogP contribution >= 0.6 is 0 Å². The van der Waals surface area contributed by atoms with E-state index in [1.807, 2.05) is 24.3 Å². The average molecular weight is 183 g/mol. The molecule has 1 aliphatic heterocycles. The first-order valence-corrected chi connectivity index (χ1v) is 4.67. The fourth-order valence-electron chi connectivity index (χ4n) is 1.69. The molecule has 0 aromatic heterocycles. The number of benzene rings is 1. The molecular weight excluding hydrogens is 170 g/mol. The number of allylic oxidation sites excluding steroid dienone is 2. The second-order valence-electron chi connectivity index (χ2n) is 3.32. The van der Waals surface area contributed by atoms with E-state index in [2.05, 4.69) is 30.6 Å². The van der Waals surface area contributed by atoms with Gasteiger partial charge in [-0.1, -0.05) is 43.5 Å². The summed E-state index contributed by atoms with van der Waals surface area (Å²) < 4.78 is 0. The van der Waals surface area contributed by atoms with Gasteiger partial charge in [0.25, 0.3) is 0 Å². The summed E-state index contributed by atoms with van der Waals surface area (Å²) in [7, 11) is 0. The smallest absolute Gasteiger partial charge is 0.0422 e. The Balaban J connectivity index is 2.57. The van der Waals surface area contributed by atoms with Gasteiger partial charge in [-0.15, -0.1) is 0 Å². The molecule has 0 aliphatic carbocycles. The molecule has 0 unspecified atom stereocenters. The maximum atomic E-state index is 4.03. The molecule has 0 fully saturated rings. The molecular formula is C13H13N. The van der Waals surface area contributed by atoms with Gasteiger partial charge in [-0.2, -0.15) is 0 Å². The summed E-state index contributed by atoms with van der Waals surface area (Å²) in [5.74, 6) is 0. The lowest BCUT2D eigenvalue weighted by Crippen LogP contribution is -2.13. The van der Waals surface area contributed by atoms with Crippen molar-refractivity contribution in [2.24, 2.45) is 0 Å². The number of hydrogen-bond donors (Lipinski definition) is 1. The second-order valence-corrected chi connectivity index (χ2v) is 3.32. The Morgan fingerprint density at radius 1 is 1.29 bits per heavy atom. The van der Waals surface area contributed by atoms with Gasteiger partial charge in [-0.25, -0.2) is 0 Å². The third-order valence-electron chi connectivity index (χ3n) is 2.37. The molecule has 0 saturated heterocycles. The Labute approximate surface area is 84.5 Å². The molecule has 0 amide bonds. The zero-order valence-electron chi connectivity index (χ0n) is 8.09. The van der Waals surface area contributed by atoms with Crippen molar-refractivity contribution in [3.8, 4) is 0 Å². The molecule has 1 heterocycles. The van der Waals surface area contributed by atoms with E-state index in [4.69, 9.17) is 0 Å². The van der Waals surface area contributed by atoms with Crippen LogP contribution in [0.15, 0.2) is 55.1 Å². The van der Waals surface area contributed by atoms with Crippen molar-refractivity contribution in [2.45, 2.75) is 0 Å². The van der Waals surface area contributed by atoms with Crippen LogP contribution in [0.1, 0.15) is 5.56 Å². The van der Waals surface area contributed by atoms with E-state index >= 15 is 0 Å². The monoisotopic (exact) mass is 183 g/mol. The van der Waals surface area contributed by atoms with Gasteiger partial charge in [0, 0.05) is 17.8 Å². The average Bonchev–Trinajstić information content (AvgIpc) is 2.23. The third kappa shape index (κ3) is 1.37. The van der Waals surface area contributed by atoms with E-state index < -0.39 is 0 Å². The zero-order chi connectivity index (χ0) is 9.97. The predicted molar refractivity (Wildman–Crippen MR) is 62.2 cm³/mol. The summed E-state index contributed by atoms with van der Waals surface area (Å²) in [4.78, 5) is 0. The van der Waals surface area contributed by atoms with Crippen LogP contribution in [0, 0.1) is 0 Å². The highest BCUT2D eigenvalue weighted by molar-refractivity contribution is 5.89. The molecule has 70 valence electrons. The lowest BCUT2D eigenvalue weighted by molar-refractivity contribution is 1.23. The minimum atomic E-state index is 0.816.